The van der Waals surface area contributed by atoms with Crippen LogP contribution in [0.4, 0.5) is 0 Å². The van der Waals surface area contributed by atoms with Gasteiger partial charge in [0.05, 0.1) is 11.4 Å². The number of carbonyl (C=O) groups is 2. The maximum Gasteiger partial charge on any atom is 0.247 e. The topological polar surface area (TPSA) is 201 Å². The minimum atomic E-state index is -3.88. The number of hydrogen-bond donors (Lipinski definition) is 5. The van der Waals surface area contributed by atoms with Crippen molar-refractivity contribution in [3.8, 4) is 0 Å². The van der Waals surface area contributed by atoms with Gasteiger partial charge in [0.1, 0.15) is 20.6 Å². The lowest BCUT2D eigenvalue weighted by atomic mass is 9.45. The first kappa shape index (κ1) is 34.8. The number of aliphatic hydroxyl groups excluding tert-OH is 2. The van der Waals surface area contributed by atoms with Crippen LogP contribution in [0.15, 0.2) is 26.1 Å². The Morgan fingerprint density at radius 1 is 1.20 bits per heavy atom. The molecule has 0 saturated heterocycles. The molecular formula is C31H46N2O9S3. The Kier molecular flexibility index (Phi) is 9.18. The van der Waals surface area contributed by atoms with Crippen molar-refractivity contribution in [1.29, 1.82) is 0 Å². The highest BCUT2D eigenvalue weighted by atomic mass is 32.3. The summed E-state index contributed by atoms with van der Waals surface area (Å²) in [6, 6.07) is 1.23. The van der Waals surface area contributed by atoms with Crippen molar-refractivity contribution in [3.05, 3.63) is 23.3 Å². The van der Waals surface area contributed by atoms with Crippen molar-refractivity contribution in [2.24, 2.45) is 33.7 Å². The minimum absolute atomic E-state index is 0.0697. The van der Waals surface area contributed by atoms with Crippen LogP contribution in [-0.2, 0) is 29.4 Å². The van der Waals surface area contributed by atoms with E-state index in [1.807, 2.05) is 13.8 Å². The number of sulfonamides is 1. The van der Waals surface area contributed by atoms with Crippen LogP contribution < -0.4 is 10.5 Å². The van der Waals surface area contributed by atoms with E-state index in [0.717, 1.165) is 37.0 Å². The summed E-state index contributed by atoms with van der Waals surface area (Å²) >= 11 is 0.742. The van der Waals surface area contributed by atoms with Gasteiger partial charge in [0.2, 0.25) is 10.0 Å². The van der Waals surface area contributed by atoms with E-state index in [0.29, 0.717) is 37.8 Å². The number of fused-ring (bicyclic) bond motifs is 6. The molecule has 3 fully saturated rings. The fraction of sp³-hybridized carbons (Fsp3) is 0.742. The number of primary sulfonamides is 1. The Hall–Kier alpha value is -1.52. The maximum absolute atomic E-state index is 12.4. The Bertz CT molecular complexity index is 1620. The molecule has 0 unspecified atom stereocenters. The van der Waals surface area contributed by atoms with Gasteiger partial charge in [0.25, 0.3) is 0 Å². The quantitative estimate of drug-likeness (QED) is 0.306. The molecular weight excluding hydrogens is 641 g/mol. The van der Waals surface area contributed by atoms with Crippen LogP contribution in [0.2, 0.25) is 0 Å². The van der Waals surface area contributed by atoms with Crippen molar-refractivity contribution >= 4 is 42.8 Å². The number of allylic oxidation sites excluding steroid dienone is 1. The van der Waals surface area contributed by atoms with Gasteiger partial charge in [0.15, 0.2) is 21.4 Å². The molecule has 14 heteroatoms. The van der Waals surface area contributed by atoms with E-state index in [1.54, 1.807) is 13.0 Å². The number of nitrogens with one attached hydrogen (secondary N) is 1. The summed E-state index contributed by atoms with van der Waals surface area (Å²) in [5.41, 5.74) is -0.710. The van der Waals surface area contributed by atoms with E-state index < -0.39 is 54.6 Å². The van der Waals surface area contributed by atoms with Crippen molar-refractivity contribution in [3.63, 3.8) is 0 Å². The van der Waals surface area contributed by atoms with Crippen LogP contribution in [-0.4, -0.2) is 73.8 Å². The second kappa shape index (κ2) is 11.9. The molecule has 1 aromatic rings. The predicted octanol–water partition coefficient (Wildman–Crippen LogP) is 2.39. The first-order chi connectivity index (χ1) is 20.8. The molecule has 1 aliphatic heterocycles. The number of aliphatic hydroxyl groups is 3. The fourth-order valence-corrected chi connectivity index (χ4v) is 13.9. The lowest BCUT2D eigenvalue weighted by Gasteiger charge is -2.60. The monoisotopic (exact) mass is 686 g/mol. The zero-order valence-electron chi connectivity index (χ0n) is 26.3. The van der Waals surface area contributed by atoms with E-state index >= 15 is 0 Å². The number of nitrogens with two attached hydrogens (primary N) is 1. The average Bonchev–Trinajstić information content (AvgIpc) is 3.53. The summed E-state index contributed by atoms with van der Waals surface area (Å²) in [6.45, 7) is 7.69. The first-order valence-corrected chi connectivity index (χ1v) is 19.7. The molecule has 9 atom stereocenters. The molecule has 3 saturated carbocycles. The second-order valence-corrected chi connectivity index (χ2v) is 19.5. The fourth-order valence-electron chi connectivity index (χ4n) is 9.46. The first-order valence-electron chi connectivity index (χ1n) is 15.8. The summed E-state index contributed by atoms with van der Waals surface area (Å²) < 4.78 is 47.3. The molecule has 2 heterocycles. The number of ketones is 2. The molecule has 0 radical (unpaired) electrons. The van der Waals surface area contributed by atoms with Gasteiger partial charge < -0.3 is 20.6 Å². The normalized spacial score (nSPS) is 40.2. The minimum Gasteiger partial charge on any atom is -0.393 e. The largest absolute Gasteiger partial charge is 0.393 e. The van der Waals surface area contributed by atoms with Crippen LogP contribution >= 0.6 is 11.3 Å². The molecule has 11 nitrogen and oxygen atoms in total. The van der Waals surface area contributed by atoms with Crippen molar-refractivity contribution in [2.45, 2.75) is 110 Å². The molecule has 6 rings (SSSR count). The molecule has 45 heavy (non-hydrogen) atoms. The highest BCUT2D eigenvalue weighted by molar-refractivity contribution is 7.95. The van der Waals surface area contributed by atoms with Crippen LogP contribution in [0.3, 0.4) is 0 Å². The Morgan fingerprint density at radius 3 is 2.51 bits per heavy atom. The van der Waals surface area contributed by atoms with E-state index in [9.17, 15) is 41.7 Å². The zero-order chi connectivity index (χ0) is 33.3. The second-order valence-electron chi connectivity index (χ2n) is 14.1. The van der Waals surface area contributed by atoms with Gasteiger partial charge in [-0.15, -0.1) is 11.3 Å². The zero-order valence-corrected chi connectivity index (χ0v) is 28.7. The number of Topliss-reactive ketones (excluding diaryl/α,β-unsaturated/α-hetero) is 1. The van der Waals surface area contributed by atoms with Gasteiger partial charge in [-0.3, -0.25) is 9.59 Å². The summed E-state index contributed by atoms with van der Waals surface area (Å²) in [5, 5.41) is 39.5. The van der Waals surface area contributed by atoms with Crippen LogP contribution in [0.1, 0.15) is 90.7 Å². The Labute approximate surface area is 269 Å². The summed E-state index contributed by atoms with van der Waals surface area (Å²) in [7, 11) is -7.33. The number of rotatable bonds is 5. The predicted molar refractivity (Wildman–Crippen MR) is 169 cm³/mol. The van der Waals surface area contributed by atoms with Crippen LogP contribution in [0.5, 0.6) is 0 Å². The number of hydrogen-bond acceptors (Lipinski definition) is 11. The van der Waals surface area contributed by atoms with Crippen molar-refractivity contribution in [2.75, 3.05) is 13.2 Å². The molecule has 4 aliphatic carbocycles. The third-order valence-corrected chi connectivity index (χ3v) is 17.1. The molecule has 0 spiro atoms. The highest BCUT2D eigenvalue weighted by Gasteiger charge is 2.68. The highest BCUT2D eigenvalue weighted by Crippen LogP contribution is 2.67. The molecule has 0 bridgehead atoms. The standard InChI is InChI=1S/C21H30O5.C10H16N2O4S3/c1-19-7-5-13(23)9-12(19)3-4-14-15-6-8-21(26,17(25)11-22)20(15,2)10-16(24)18(14)19;1-3-12-8-4-6(2)18(13,14)10-7(8)5-9(17-10)19(11,15)16/h9,14-16,18,22,24,26H,3-8,10-11H2,1-2H3;5-6,8,12H,3-4H2,1-2H3,(H2,11,15,16)/t14-,15-,16-,18+,19-,20-,21-;6-,8-/m00/s1. The molecule has 252 valence electrons. The van der Waals surface area contributed by atoms with E-state index in [-0.39, 0.29) is 43.4 Å². The van der Waals surface area contributed by atoms with E-state index in [4.69, 9.17) is 5.14 Å². The van der Waals surface area contributed by atoms with Crippen LogP contribution in [0.25, 0.3) is 0 Å². The third kappa shape index (κ3) is 5.50. The molecule has 1 aromatic heterocycles. The van der Waals surface area contributed by atoms with E-state index in [1.165, 1.54) is 11.6 Å². The molecule has 0 amide bonds. The van der Waals surface area contributed by atoms with Gasteiger partial charge >= 0.3 is 0 Å². The van der Waals surface area contributed by atoms with Gasteiger partial charge in [0, 0.05) is 23.4 Å². The van der Waals surface area contributed by atoms with Gasteiger partial charge in [-0.1, -0.05) is 26.3 Å². The molecule has 0 aromatic carbocycles. The lowest BCUT2D eigenvalue weighted by Crippen LogP contribution is -2.62. The Morgan fingerprint density at radius 2 is 1.89 bits per heavy atom. The lowest BCUT2D eigenvalue weighted by molar-refractivity contribution is -0.182. The molecule has 6 N–H and O–H groups in total. The summed E-state index contributed by atoms with van der Waals surface area (Å²) in [4.78, 5) is 24.3. The van der Waals surface area contributed by atoms with Gasteiger partial charge in [-0.25, -0.2) is 22.0 Å². The Balaban J connectivity index is 0.000000187. The smallest absolute Gasteiger partial charge is 0.247 e. The molecule has 5 aliphatic rings. The number of thiophene rings is 1. The van der Waals surface area contributed by atoms with Crippen LogP contribution in [0, 0.1) is 28.6 Å². The number of sulfone groups is 1. The van der Waals surface area contributed by atoms with Crippen molar-refractivity contribution in [1.82, 2.24) is 5.32 Å². The third-order valence-electron chi connectivity index (χ3n) is 11.8. The van der Waals surface area contributed by atoms with E-state index in [2.05, 4.69) is 12.2 Å². The SMILES string of the molecule is CCN[C@H]1C[C@H](C)S(=O)(=O)c2sc(S(N)(=O)=O)cc21.C[C@]12CCC(=O)C=C1CC[C@@H]1[C@@H]2[C@@H](O)C[C@@]2(C)[C@H]1CC[C@]2(O)C(=O)CO. The van der Waals surface area contributed by atoms with Gasteiger partial charge in [-0.2, -0.15) is 0 Å². The van der Waals surface area contributed by atoms with Gasteiger partial charge in [-0.05, 0) is 93.7 Å². The number of carbonyl (C=O) groups excluding carboxylic acids is 2. The summed E-state index contributed by atoms with van der Waals surface area (Å²) in [6.07, 6.45) is 6.17. The maximum atomic E-state index is 12.4. The summed E-state index contributed by atoms with van der Waals surface area (Å²) in [5.74, 6) is 0.140. The average molecular weight is 687 g/mol. The van der Waals surface area contributed by atoms with Crippen molar-refractivity contribution < 1.29 is 41.7 Å².